The standard InChI is InChI=1S/C20H29N3O2/c24-19(10-5-15-11-13-21-14-12-15)22-18-8-6-16(7-9-18)20(25)23-17-3-1-2-4-17/h6-9,15,17,21H,1-5,10-14H2,(H,22,24)(H,23,25). The van der Waals surface area contributed by atoms with Crippen molar-refractivity contribution in [3.8, 4) is 0 Å². The van der Waals surface area contributed by atoms with Crippen molar-refractivity contribution in [2.45, 2.75) is 57.4 Å². The molecule has 0 unspecified atom stereocenters. The van der Waals surface area contributed by atoms with E-state index in [4.69, 9.17) is 0 Å². The summed E-state index contributed by atoms with van der Waals surface area (Å²) in [6, 6.07) is 7.51. The molecule has 0 aromatic heterocycles. The molecule has 0 atom stereocenters. The highest BCUT2D eigenvalue weighted by Gasteiger charge is 2.18. The third kappa shape index (κ3) is 5.56. The first-order valence-electron chi connectivity index (χ1n) is 9.62. The maximum absolute atomic E-state index is 12.2. The molecular formula is C20H29N3O2. The summed E-state index contributed by atoms with van der Waals surface area (Å²) in [6.45, 7) is 2.13. The minimum absolute atomic E-state index is 0.0179. The number of amides is 2. The molecule has 1 saturated heterocycles. The Kier molecular flexibility index (Phi) is 6.45. The van der Waals surface area contributed by atoms with Crippen LogP contribution in [-0.4, -0.2) is 30.9 Å². The van der Waals surface area contributed by atoms with Crippen LogP contribution in [0.25, 0.3) is 0 Å². The van der Waals surface area contributed by atoms with E-state index in [0.29, 0.717) is 23.9 Å². The Morgan fingerprint density at radius 1 is 1.00 bits per heavy atom. The lowest BCUT2D eigenvalue weighted by atomic mass is 9.93. The third-order valence-electron chi connectivity index (χ3n) is 5.36. The van der Waals surface area contributed by atoms with Gasteiger partial charge < -0.3 is 16.0 Å². The molecule has 1 heterocycles. The first-order valence-corrected chi connectivity index (χ1v) is 9.62. The van der Waals surface area contributed by atoms with Crippen molar-refractivity contribution < 1.29 is 9.59 Å². The van der Waals surface area contributed by atoms with Gasteiger partial charge in [0.25, 0.3) is 5.91 Å². The van der Waals surface area contributed by atoms with E-state index in [1.54, 1.807) is 12.1 Å². The SMILES string of the molecule is O=C(CCC1CCNCC1)Nc1ccc(C(=O)NC2CCCC2)cc1. The van der Waals surface area contributed by atoms with Gasteiger partial charge in [-0.25, -0.2) is 0 Å². The van der Waals surface area contributed by atoms with Crippen LogP contribution in [0.3, 0.4) is 0 Å². The van der Waals surface area contributed by atoms with Crippen LogP contribution in [0.4, 0.5) is 5.69 Å². The number of benzene rings is 1. The van der Waals surface area contributed by atoms with Crippen LogP contribution >= 0.6 is 0 Å². The summed E-state index contributed by atoms with van der Waals surface area (Å²) in [5.74, 6) is 0.700. The molecule has 2 aliphatic rings. The number of carbonyl (C=O) groups excluding carboxylic acids is 2. The molecule has 1 aliphatic heterocycles. The molecule has 0 spiro atoms. The van der Waals surface area contributed by atoms with Gasteiger partial charge in [-0.1, -0.05) is 12.8 Å². The van der Waals surface area contributed by atoms with Crippen molar-refractivity contribution >= 4 is 17.5 Å². The lowest BCUT2D eigenvalue weighted by Gasteiger charge is -2.22. The average Bonchev–Trinajstić information content (AvgIpc) is 3.14. The molecule has 0 radical (unpaired) electrons. The van der Waals surface area contributed by atoms with E-state index in [2.05, 4.69) is 16.0 Å². The zero-order valence-electron chi connectivity index (χ0n) is 14.9. The topological polar surface area (TPSA) is 70.2 Å². The molecule has 2 fully saturated rings. The lowest BCUT2D eigenvalue weighted by Crippen LogP contribution is -2.32. The summed E-state index contributed by atoms with van der Waals surface area (Å²) in [5, 5.41) is 9.36. The first-order chi connectivity index (χ1) is 12.2. The highest BCUT2D eigenvalue weighted by atomic mass is 16.2. The van der Waals surface area contributed by atoms with Crippen molar-refractivity contribution in [3.63, 3.8) is 0 Å². The quantitative estimate of drug-likeness (QED) is 0.743. The Bertz CT molecular complexity index is 573. The predicted molar refractivity (Wildman–Crippen MR) is 99.6 cm³/mol. The molecular weight excluding hydrogens is 314 g/mol. The van der Waals surface area contributed by atoms with Gasteiger partial charge in [0.2, 0.25) is 5.91 Å². The summed E-state index contributed by atoms with van der Waals surface area (Å²) < 4.78 is 0. The monoisotopic (exact) mass is 343 g/mol. The fourth-order valence-electron chi connectivity index (χ4n) is 3.77. The minimum atomic E-state index is -0.0179. The zero-order valence-corrected chi connectivity index (χ0v) is 14.9. The highest BCUT2D eigenvalue weighted by Crippen LogP contribution is 2.20. The zero-order chi connectivity index (χ0) is 17.5. The van der Waals surface area contributed by atoms with E-state index in [-0.39, 0.29) is 11.8 Å². The van der Waals surface area contributed by atoms with Gasteiger partial charge in [0.05, 0.1) is 0 Å². The van der Waals surface area contributed by atoms with E-state index < -0.39 is 0 Å². The van der Waals surface area contributed by atoms with Crippen LogP contribution in [0.15, 0.2) is 24.3 Å². The van der Waals surface area contributed by atoms with E-state index in [1.807, 2.05) is 12.1 Å². The molecule has 1 aromatic rings. The fraction of sp³-hybridized carbons (Fsp3) is 0.600. The fourth-order valence-corrected chi connectivity index (χ4v) is 3.77. The number of hydrogen-bond acceptors (Lipinski definition) is 3. The lowest BCUT2D eigenvalue weighted by molar-refractivity contribution is -0.116. The second-order valence-electron chi connectivity index (χ2n) is 7.31. The molecule has 0 bridgehead atoms. The number of hydrogen-bond donors (Lipinski definition) is 3. The Morgan fingerprint density at radius 2 is 1.68 bits per heavy atom. The second-order valence-corrected chi connectivity index (χ2v) is 7.31. The van der Waals surface area contributed by atoms with Crippen LogP contribution in [0.1, 0.15) is 61.7 Å². The summed E-state index contributed by atoms with van der Waals surface area (Å²) in [5.41, 5.74) is 1.41. The summed E-state index contributed by atoms with van der Waals surface area (Å²) >= 11 is 0. The number of nitrogens with one attached hydrogen (secondary N) is 3. The summed E-state index contributed by atoms with van der Waals surface area (Å²) in [6.07, 6.45) is 8.41. The van der Waals surface area contributed by atoms with Crippen molar-refractivity contribution in [1.82, 2.24) is 10.6 Å². The van der Waals surface area contributed by atoms with Gasteiger partial charge in [-0.05, 0) is 75.4 Å². The molecule has 2 amide bonds. The largest absolute Gasteiger partial charge is 0.349 e. The number of anilines is 1. The molecule has 5 heteroatoms. The molecule has 1 aromatic carbocycles. The highest BCUT2D eigenvalue weighted by molar-refractivity contribution is 5.96. The van der Waals surface area contributed by atoms with E-state index in [1.165, 1.54) is 12.8 Å². The smallest absolute Gasteiger partial charge is 0.251 e. The van der Waals surface area contributed by atoms with Gasteiger partial charge in [0.1, 0.15) is 0 Å². The van der Waals surface area contributed by atoms with E-state index >= 15 is 0 Å². The number of carbonyl (C=O) groups is 2. The molecule has 136 valence electrons. The van der Waals surface area contributed by atoms with Crippen molar-refractivity contribution in [3.05, 3.63) is 29.8 Å². The van der Waals surface area contributed by atoms with Crippen LogP contribution in [0.5, 0.6) is 0 Å². The van der Waals surface area contributed by atoms with Gasteiger partial charge in [-0.3, -0.25) is 9.59 Å². The minimum Gasteiger partial charge on any atom is -0.349 e. The molecule has 3 N–H and O–H groups in total. The van der Waals surface area contributed by atoms with Gasteiger partial charge in [-0.2, -0.15) is 0 Å². The Labute approximate surface area is 150 Å². The summed E-state index contributed by atoms with van der Waals surface area (Å²) in [7, 11) is 0. The molecule has 5 nitrogen and oxygen atoms in total. The number of rotatable bonds is 6. The molecule has 1 aliphatic carbocycles. The first kappa shape index (κ1) is 17.9. The van der Waals surface area contributed by atoms with Crippen molar-refractivity contribution in [2.24, 2.45) is 5.92 Å². The molecule has 1 saturated carbocycles. The van der Waals surface area contributed by atoms with Gasteiger partial charge >= 0.3 is 0 Å². The van der Waals surface area contributed by atoms with Crippen LogP contribution < -0.4 is 16.0 Å². The Balaban J connectivity index is 1.43. The van der Waals surface area contributed by atoms with E-state index in [9.17, 15) is 9.59 Å². The average molecular weight is 343 g/mol. The third-order valence-corrected chi connectivity index (χ3v) is 5.36. The van der Waals surface area contributed by atoms with Crippen molar-refractivity contribution in [1.29, 1.82) is 0 Å². The Hall–Kier alpha value is -1.88. The maximum Gasteiger partial charge on any atom is 0.251 e. The maximum atomic E-state index is 12.2. The van der Waals surface area contributed by atoms with Crippen molar-refractivity contribution in [2.75, 3.05) is 18.4 Å². The van der Waals surface area contributed by atoms with Crippen LogP contribution in [0, 0.1) is 5.92 Å². The molecule has 3 rings (SSSR count). The predicted octanol–water partition coefficient (Wildman–Crippen LogP) is 3.08. The van der Waals surface area contributed by atoms with E-state index in [0.717, 1.165) is 50.9 Å². The van der Waals surface area contributed by atoms with Gasteiger partial charge in [0.15, 0.2) is 0 Å². The second kappa shape index (κ2) is 8.99. The van der Waals surface area contributed by atoms with Crippen LogP contribution in [-0.2, 0) is 4.79 Å². The summed E-state index contributed by atoms with van der Waals surface area (Å²) in [4.78, 5) is 24.3. The number of piperidine rings is 1. The molecule has 25 heavy (non-hydrogen) atoms. The Morgan fingerprint density at radius 3 is 2.36 bits per heavy atom. The normalized spacial score (nSPS) is 18.9. The van der Waals surface area contributed by atoms with Gasteiger partial charge in [0, 0.05) is 23.7 Å². The van der Waals surface area contributed by atoms with Crippen LogP contribution in [0.2, 0.25) is 0 Å². The van der Waals surface area contributed by atoms with Gasteiger partial charge in [-0.15, -0.1) is 0 Å².